The summed E-state index contributed by atoms with van der Waals surface area (Å²) in [6.45, 7) is 14.1. The Bertz CT molecular complexity index is 1550. The van der Waals surface area contributed by atoms with Crippen molar-refractivity contribution < 1.29 is 38.2 Å². The summed E-state index contributed by atoms with van der Waals surface area (Å²) >= 11 is 1.16. The fourth-order valence-electron chi connectivity index (χ4n) is 7.00. The van der Waals surface area contributed by atoms with Gasteiger partial charge in [-0.1, -0.05) is 66.5 Å². The first-order chi connectivity index (χ1) is 25.6. The molecule has 3 amide bonds. The van der Waals surface area contributed by atoms with Crippen LogP contribution in [0.5, 0.6) is 0 Å². The van der Waals surface area contributed by atoms with Crippen molar-refractivity contribution in [2.24, 2.45) is 17.8 Å². The molecular formula is C40H60FN5O7S. The second-order valence-corrected chi connectivity index (χ2v) is 16.0. The summed E-state index contributed by atoms with van der Waals surface area (Å²) in [7, 11) is 1.94. The van der Waals surface area contributed by atoms with E-state index in [1.54, 1.807) is 24.4 Å². The molecule has 1 aromatic heterocycles. The number of halogens is 1. The van der Waals surface area contributed by atoms with E-state index in [9.17, 15) is 33.5 Å². The molecule has 1 fully saturated rings. The van der Waals surface area contributed by atoms with Gasteiger partial charge in [-0.15, -0.1) is 11.3 Å². The van der Waals surface area contributed by atoms with Gasteiger partial charge >= 0.3 is 11.9 Å². The summed E-state index contributed by atoms with van der Waals surface area (Å²) in [4.78, 5) is 74.2. The quantitative estimate of drug-likeness (QED) is 0.137. The molecule has 2 heterocycles. The number of piperidine rings is 1. The number of likely N-dealkylation sites (N-methyl/N-ethyl adjacent to an activating group) is 1. The number of nitrogens with one attached hydrogen (secondary N) is 2. The Morgan fingerprint density at radius 2 is 1.74 bits per heavy atom. The van der Waals surface area contributed by atoms with Gasteiger partial charge in [0.15, 0.2) is 6.10 Å². The monoisotopic (exact) mass is 773 g/mol. The number of likely N-dealkylation sites (tertiary alicyclic amines) is 1. The fourth-order valence-corrected chi connectivity index (χ4v) is 7.84. The highest BCUT2D eigenvalue weighted by Gasteiger charge is 2.38. The minimum atomic E-state index is -1.00. The Hall–Kier alpha value is -3.91. The number of rotatable bonds is 20. The highest BCUT2D eigenvalue weighted by Crippen LogP contribution is 2.32. The van der Waals surface area contributed by atoms with E-state index in [-0.39, 0.29) is 54.6 Å². The third-order valence-electron chi connectivity index (χ3n) is 10.4. The molecule has 2 aromatic rings. The maximum Gasteiger partial charge on any atom is 0.306 e. The van der Waals surface area contributed by atoms with Crippen LogP contribution in [0, 0.1) is 23.6 Å². The number of esters is 1. The lowest BCUT2D eigenvalue weighted by Crippen LogP contribution is -2.58. The molecule has 7 atom stereocenters. The molecule has 300 valence electrons. The lowest BCUT2D eigenvalue weighted by atomic mass is 9.92. The zero-order valence-corrected chi connectivity index (χ0v) is 33.9. The van der Waals surface area contributed by atoms with Crippen LogP contribution in [0.15, 0.2) is 29.6 Å². The predicted octanol–water partition coefficient (Wildman–Crippen LogP) is 6.01. The number of carboxylic acids is 1. The Balaban J connectivity index is 1.88. The van der Waals surface area contributed by atoms with Gasteiger partial charge < -0.3 is 25.4 Å². The molecule has 3 rings (SSSR count). The number of carbonyl (C=O) groups excluding carboxylic acids is 4. The largest absolute Gasteiger partial charge is 0.481 e. The van der Waals surface area contributed by atoms with Gasteiger partial charge in [0.2, 0.25) is 11.8 Å². The summed E-state index contributed by atoms with van der Waals surface area (Å²) in [5.41, 5.74) is 0.810. The SMILES string of the molecule is CCCN(C(=O)[C@@H](NC(=O)[C@H]1CCCCN1C)C(C)CC)C(C[C@@H](OC(C)=O)c1nc(C(=O)N[C@@H](Cc2ccc(F)cc2)C[C@H](C)C(=O)O)cs1)C(C)C. The summed E-state index contributed by atoms with van der Waals surface area (Å²) in [6, 6.07) is 3.80. The molecule has 0 saturated carbocycles. The van der Waals surface area contributed by atoms with Crippen LogP contribution in [-0.2, 0) is 30.3 Å². The standard InChI is InChI=1S/C40H60FN5O7S/c1-9-18-46(39(50)35(25(5)10-2)44-37(49)32-13-11-12-19-45(32)8)33(24(3)4)22-34(53-27(7)47)38-43-31(23-54-38)36(48)42-30(20-26(6)40(51)52)21-28-14-16-29(41)17-15-28/h14-17,23-26,30,32-35H,9-13,18-22H2,1-8H3,(H,42,48)(H,44,49)(H,51,52)/t25?,26-,30+,32+,33?,34+,35-/m0/s1. The van der Waals surface area contributed by atoms with Crippen molar-refractivity contribution in [3.05, 3.63) is 51.7 Å². The lowest BCUT2D eigenvalue weighted by Gasteiger charge is -2.40. The minimum Gasteiger partial charge on any atom is -0.481 e. The van der Waals surface area contributed by atoms with Crippen LogP contribution in [0.3, 0.4) is 0 Å². The van der Waals surface area contributed by atoms with E-state index in [4.69, 9.17) is 4.74 Å². The van der Waals surface area contributed by atoms with E-state index in [2.05, 4.69) is 15.6 Å². The molecule has 54 heavy (non-hydrogen) atoms. The number of nitrogens with zero attached hydrogens (tertiary/aromatic N) is 3. The highest BCUT2D eigenvalue weighted by molar-refractivity contribution is 7.09. The van der Waals surface area contributed by atoms with Crippen LogP contribution in [0.4, 0.5) is 4.39 Å². The fraction of sp³-hybridized carbons (Fsp3) is 0.650. The predicted molar refractivity (Wildman–Crippen MR) is 206 cm³/mol. The number of amides is 3. The Kier molecular flexibility index (Phi) is 17.5. The Labute approximate surface area is 323 Å². The van der Waals surface area contributed by atoms with Crippen LogP contribution in [-0.4, -0.2) is 93.9 Å². The van der Waals surface area contributed by atoms with Crippen molar-refractivity contribution in [3.8, 4) is 0 Å². The molecule has 0 aliphatic carbocycles. The van der Waals surface area contributed by atoms with Crippen LogP contribution < -0.4 is 10.6 Å². The van der Waals surface area contributed by atoms with Crippen LogP contribution >= 0.6 is 11.3 Å². The number of aromatic nitrogens is 1. The first kappa shape index (κ1) is 44.5. The molecule has 14 heteroatoms. The van der Waals surface area contributed by atoms with Crippen LogP contribution in [0.2, 0.25) is 0 Å². The molecule has 1 aromatic carbocycles. The van der Waals surface area contributed by atoms with Gasteiger partial charge in [0.05, 0.1) is 12.0 Å². The van der Waals surface area contributed by atoms with Crippen molar-refractivity contribution in [2.45, 2.75) is 130 Å². The molecule has 1 aliphatic heterocycles. The second-order valence-electron chi connectivity index (χ2n) is 15.1. The maximum atomic E-state index is 14.6. The second kappa shape index (κ2) is 21.3. The van der Waals surface area contributed by atoms with Gasteiger partial charge in [0, 0.05) is 37.4 Å². The number of thiazole rings is 1. The molecule has 0 spiro atoms. The van der Waals surface area contributed by atoms with Crippen molar-refractivity contribution in [2.75, 3.05) is 20.1 Å². The Morgan fingerprint density at radius 1 is 1.06 bits per heavy atom. The molecule has 12 nitrogen and oxygen atoms in total. The number of hydrogen-bond acceptors (Lipinski definition) is 9. The molecule has 1 saturated heterocycles. The first-order valence-electron chi connectivity index (χ1n) is 19.3. The number of carboxylic acid groups (broad SMARTS) is 1. The topological polar surface area (TPSA) is 158 Å². The van der Waals surface area contributed by atoms with Gasteiger partial charge in [-0.05, 0) is 75.2 Å². The summed E-state index contributed by atoms with van der Waals surface area (Å²) in [6.07, 6.45) is 3.85. The van der Waals surface area contributed by atoms with Gasteiger partial charge in [-0.25, -0.2) is 9.37 Å². The van der Waals surface area contributed by atoms with Gasteiger partial charge in [-0.2, -0.15) is 0 Å². The summed E-state index contributed by atoms with van der Waals surface area (Å²) < 4.78 is 19.4. The van der Waals surface area contributed by atoms with Gasteiger partial charge in [0.1, 0.15) is 22.6 Å². The highest BCUT2D eigenvalue weighted by atomic mass is 32.1. The zero-order valence-electron chi connectivity index (χ0n) is 33.1. The van der Waals surface area contributed by atoms with E-state index in [1.807, 2.05) is 51.5 Å². The molecule has 1 aliphatic rings. The van der Waals surface area contributed by atoms with E-state index in [0.717, 1.165) is 42.7 Å². The van der Waals surface area contributed by atoms with Gasteiger partial charge in [0.25, 0.3) is 5.91 Å². The van der Waals surface area contributed by atoms with E-state index < -0.39 is 53.8 Å². The number of ether oxygens (including phenoxy) is 1. The minimum absolute atomic E-state index is 0.0671. The molecule has 2 unspecified atom stereocenters. The van der Waals surface area contributed by atoms with Crippen molar-refractivity contribution in [1.82, 2.24) is 25.4 Å². The third-order valence-corrected chi connectivity index (χ3v) is 11.3. The van der Waals surface area contributed by atoms with E-state index in [1.165, 1.54) is 19.1 Å². The average Bonchev–Trinajstić information content (AvgIpc) is 3.62. The van der Waals surface area contributed by atoms with E-state index in [0.29, 0.717) is 24.4 Å². The number of benzene rings is 1. The van der Waals surface area contributed by atoms with Crippen molar-refractivity contribution in [1.29, 1.82) is 0 Å². The zero-order chi connectivity index (χ0) is 40.1. The van der Waals surface area contributed by atoms with Crippen molar-refractivity contribution in [3.63, 3.8) is 0 Å². The number of carbonyl (C=O) groups is 5. The number of hydrogen-bond donors (Lipinski definition) is 3. The van der Waals surface area contributed by atoms with Crippen molar-refractivity contribution >= 4 is 41.0 Å². The normalized spacial score (nSPS) is 18.1. The number of aliphatic carboxylic acids is 1. The molecule has 0 radical (unpaired) electrons. The third kappa shape index (κ3) is 12.9. The molecule has 0 bridgehead atoms. The lowest BCUT2D eigenvalue weighted by molar-refractivity contribution is -0.150. The smallest absolute Gasteiger partial charge is 0.306 e. The Morgan fingerprint density at radius 3 is 2.31 bits per heavy atom. The average molecular weight is 774 g/mol. The first-order valence-corrected chi connectivity index (χ1v) is 20.2. The van der Waals surface area contributed by atoms with Crippen LogP contribution in [0.25, 0.3) is 0 Å². The van der Waals surface area contributed by atoms with Gasteiger partial charge in [-0.3, -0.25) is 28.9 Å². The van der Waals surface area contributed by atoms with E-state index >= 15 is 0 Å². The molecular weight excluding hydrogens is 714 g/mol. The summed E-state index contributed by atoms with van der Waals surface area (Å²) in [5.74, 6) is -3.74. The summed E-state index contributed by atoms with van der Waals surface area (Å²) in [5, 5.41) is 17.5. The van der Waals surface area contributed by atoms with Crippen LogP contribution in [0.1, 0.15) is 121 Å². The maximum absolute atomic E-state index is 14.6. The molecule has 3 N–H and O–H groups in total.